The van der Waals surface area contributed by atoms with E-state index in [1.165, 1.54) is 11.1 Å². The molecule has 8 rings (SSSR count). The van der Waals surface area contributed by atoms with Crippen LogP contribution in [0.1, 0.15) is 99.8 Å². The molecule has 8 aliphatic rings. The number of hydrogen-bond donors (Lipinski definition) is 12. The maximum atomic E-state index is 12.1. The minimum atomic E-state index is -1.89. The molecule has 12 N–H and O–H groups in total. The highest BCUT2D eigenvalue weighted by Gasteiger charge is 2.69. The summed E-state index contributed by atoms with van der Waals surface area (Å²) in [5.74, 6) is -0.0689. The summed E-state index contributed by atoms with van der Waals surface area (Å²) in [5.41, 5.74) is -0.168. The zero-order chi connectivity index (χ0) is 48.3. The van der Waals surface area contributed by atoms with Gasteiger partial charge in [-0.25, -0.2) is 0 Å². The Kier molecular flexibility index (Phi) is 14.0. The molecule has 3 saturated heterocycles. The Morgan fingerprint density at radius 2 is 1.21 bits per heavy atom. The summed E-state index contributed by atoms with van der Waals surface area (Å²) in [5, 5.41) is 131. The van der Waals surface area contributed by atoms with E-state index in [1.807, 2.05) is 6.92 Å². The number of allylic oxidation sites excluding steroid dienone is 3. The van der Waals surface area contributed by atoms with Crippen molar-refractivity contribution in [2.45, 2.75) is 204 Å². The Hall–Kier alpha value is -1.24. The molecule has 6 fully saturated rings. The lowest BCUT2D eigenvalue weighted by Gasteiger charge is -2.70. The van der Waals surface area contributed by atoms with Gasteiger partial charge in [0.2, 0.25) is 0 Å². The fraction of sp³-hybridized carbons (Fsp3) is 0.917. The van der Waals surface area contributed by atoms with Gasteiger partial charge in [-0.1, -0.05) is 59.3 Å². The van der Waals surface area contributed by atoms with Gasteiger partial charge in [-0.3, -0.25) is 0 Å². The number of ether oxygens (including phenoxy) is 6. The van der Waals surface area contributed by atoms with Crippen molar-refractivity contribution in [3.8, 4) is 0 Å². The highest BCUT2D eigenvalue weighted by Crippen LogP contribution is 2.74. The van der Waals surface area contributed by atoms with Crippen molar-refractivity contribution in [3.05, 3.63) is 23.3 Å². The van der Waals surface area contributed by atoms with Gasteiger partial charge in [0.1, 0.15) is 67.1 Å². The van der Waals surface area contributed by atoms with Gasteiger partial charge in [0.15, 0.2) is 18.9 Å². The van der Waals surface area contributed by atoms with Gasteiger partial charge in [0, 0.05) is 16.2 Å². The van der Waals surface area contributed by atoms with Crippen molar-refractivity contribution in [1.29, 1.82) is 0 Å². The molecular weight excluding hydrogens is 865 g/mol. The van der Waals surface area contributed by atoms with Crippen LogP contribution in [0.25, 0.3) is 0 Å². The molecule has 18 nitrogen and oxygen atoms in total. The van der Waals surface area contributed by atoms with Crippen LogP contribution in [0.4, 0.5) is 0 Å². The average Bonchev–Trinajstić information content (AvgIpc) is 3.27. The molecule has 0 bridgehead atoms. The van der Waals surface area contributed by atoms with Crippen LogP contribution in [-0.2, 0) is 28.4 Å². The van der Waals surface area contributed by atoms with Crippen molar-refractivity contribution in [3.63, 3.8) is 0 Å². The molecule has 3 aliphatic heterocycles. The molecule has 3 heterocycles. The number of aliphatic hydroxyl groups excluding tert-OH is 12. The van der Waals surface area contributed by atoms with E-state index in [0.29, 0.717) is 25.7 Å². The van der Waals surface area contributed by atoms with Crippen molar-refractivity contribution < 1.29 is 89.7 Å². The highest BCUT2D eigenvalue weighted by molar-refractivity contribution is 5.47. The fourth-order valence-electron chi connectivity index (χ4n) is 14.5. The quantitative estimate of drug-likeness (QED) is 0.123. The molecule has 0 aromatic carbocycles. The topological polar surface area (TPSA) is 298 Å². The van der Waals surface area contributed by atoms with Gasteiger partial charge in [0.05, 0.1) is 44.7 Å². The SMILES string of the molecule is C[C@H]1O[C@@H](O[C@H]2CC[C@@]3(C)[C@@H](CC[C@]4(C)[C@@H]3C=CC3=C5CC(C)(C)CC[C@]5(CO)[C@@H](O)C[C@]34C)[C@]2(C)CO)[C@H](O[C@@H]2O[C@H](CO)C(O)C(O)C2O)[C@@H](O[C@@H]2O[C@H](CO)[C@@H](O)[C@H](O)[C@H]2O)[C@H]1O. The zero-order valence-corrected chi connectivity index (χ0v) is 39.4. The second-order valence-electron chi connectivity index (χ2n) is 23.1. The molecule has 5 aliphatic carbocycles. The van der Waals surface area contributed by atoms with Gasteiger partial charge in [-0.2, -0.15) is 0 Å². The lowest BCUT2D eigenvalue weighted by Crippen LogP contribution is -2.68. The monoisotopic (exact) mass is 943 g/mol. The average molecular weight is 943 g/mol. The Bertz CT molecular complexity index is 1810. The van der Waals surface area contributed by atoms with E-state index in [2.05, 4.69) is 46.8 Å². The van der Waals surface area contributed by atoms with Crippen molar-refractivity contribution >= 4 is 0 Å². The van der Waals surface area contributed by atoms with Crippen molar-refractivity contribution in [1.82, 2.24) is 0 Å². The van der Waals surface area contributed by atoms with Gasteiger partial charge in [-0.15, -0.1) is 0 Å². The second-order valence-corrected chi connectivity index (χ2v) is 23.1. The van der Waals surface area contributed by atoms with Crippen molar-refractivity contribution in [2.24, 2.45) is 44.3 Å². The Balaban J connectivity index is 1.12. The molecule has 0 aromatic heterocycles. The molecule has 24 atom stereocenters. The first kappa shape index (κ1) is 51.1. The third-order valence-electron chi connectivity index (χ3n) is 19.0. The Labute approximate surface area is 387 Å². The molecule has 3 unspecified atom stereocenters. The maximum Gasteiger partial charge on any atom is 0.187 e. The minimum Gasteiger partial charge on any atom is -0.396 e. The van der Waals surface area contributed by atoms with E-state index >= 15 is 0 Å². The summed E-state index contributed by atoms with van der Waals surface area (Å²) >= 11 is 0. The van der Waals surface area contributed by atoms with Crippen LogP contribution in [0.2, 0.25) is 0 Å². The number of fused-ring (bicyclic) bond motifs is 6. The lowest BCUT2D eigenvalue weighted by atomic mass is 9.35. The number of aliphatic hydroxyl groups is 12. The molecule has 0 radical (unpaired) electrons. The van der Waals surface area contributed by atoms with Crippen LogP contribution in [0.3, 0.4) is 0 Å². The molecule has 66 heavy (non-hydrogen) atoms. The summed E-state index contributed by atoms with van der Waals surface area (Å²) in [4.78, 5) is 0. The van der Waals surface area contributed by atoms with E-state index < -0.39 is 134 Å². The van der Waals surface area contributed by atoms with Crippen LogP contribution in [-0.4, -0.2) is 192 Å². The largest absolute Gasteiger partial charge is 0.396 e. The molecule has 0 amide bonds. The minimum absolute atomic E-state index is 0.0262. The second kappa shape index (κ2) is 18.1. The van der Waals surface area contributed by atoms with Crippen LogP contribution < -0.4 is 0 Å². The summed E-state index contributed by atoms with van der Waals surface area (Å²) in [6.45, 7) is 13.1. The summed E-state index contributed by atoms with van der Waals surface area (Å²) in [6, 6.07) is 0. The van der Waals surface area contributed by atoms with Crippen LogP contribution in [0.5, 0.6) is 0 Å². The van der Waals surface area contributed by atoms with Gasteiger partial charge >= 0.3 is 0 Å². The van der Waals surface area contributed by atoms with Gasteiger partial charge in [0.25, 0.3) is 0 Å². The molecule has 18 heteroatoms. The third-order valence-corrected chi connectivity index (χ3v) is 19.0. The van der Waals surface area contributed by atoms with Crippen molar-refractivity contribution in [2.75, 3.05) is 26.4 Å². The summed E-state index contributed by atoms with van der Waals surface area (Å²) < 4.78 is 37.1. The van der Waals surface area contributed by atoms with E-state index in [0.717, 1.165) is 25.7 Å². The van der Waals surface area contributed by atoms with Crippen LogP contribution in [0.15, 0.2) is 23.3 Å². The molecule has 378 valence electrons. The number of hydrogen-bond acceptors (Lipinski definition) is 18. The first-order chi connectivity index (χ1) is 30.9. The number of rotatable bonds is 10. The first-order valence-electron chi connectivity index (χ1n) is 24.1. The zero-order valence-electron chi connectivity index (χ0n) is 39.4. The standard InChI is InChI=1S/C48H78O18/c1-22-31(54)38(65-40-36(59)34(57)32(55)25(18-49)62-40)39(66-41-37(60)35(58)33(56)26(19-50)63-41)42(61-22)64-30-11-12-44(4)27(45(30,5)20-51)10-13-46(6)28(44)9-8-23-24-16-43(2,3)14-15-48(24,21-52)29(53)17-47(23,46)7/h8-9,22,25-42,49-60H,10-21H2,1-7H3/t22-,25-,26-,27-,28-,29+,30+,31+,32-,33?,34+,35?,36-,37?,38+,39-,40+,41+,42+,44+,45+,46-,47-,48-/m1/s1. The highest BCUT2D eigenvalue weighted by atomic mass is 16.8. The Morgan fingerprint density at radius 1 is 0.621 bits per heavy atom. The predicted molar refractivity (Wildman–Crippen MR) is 231 cm³/mol. The van der Waals surface area contributed by atoms with Crippen LogP contribution in [0, 0.1) is 44.3 Å². The normalized spacial score (nSPS) is 54.8. The maximum absolute atomic E-state index is 12.1. The smallest absolute Gasteiger partial charge is 0.187 e. The van der Waals surface area contributed by atoms with Crippen LogP contribution >= 0.6 is 0 Å². The molecule has 0 aromatic rings. The van der Waals surface area contributed by atoms with E-state index in [-0.39, 0.29) is 41.3 Å². The third kappa shape index (κ3) is 7.75. The molecular formula is C48H78O18. The first-order valence-corrected chi connectivity index (χ1v) is 24.1. The van der Waals surface area contributed by atoms with E-state index in [4.69, 9.17) is 28.4 Å². The summed E-state index contributed by atoms with van der Waals surface area (Å²) in [6.07, 6.45) is -15.5. The lowest BCUT2D eigenvalue weighted by molar-refractivity contribution is -0.398. The van der Waals surface area contributed by atoms with E-state index in [1.54, 1.807) is 6.92 Å². The predicted octanol–water partition coefficient (Wildman–Crippen LogP) is -0.495. The van der Waals surface area contributed by atoms with E-state index in [9.17, 15) is 61.3 Å². The Morgan fingerprint density at radius 3 is 1.77 bits per heavy atom. The van der Waals surface area contributed by atoms with Gasteiger partial charge in [-0.05, 0) is 91.9 Å². The molecule has 3 saturated carbocycles. The summed E-state index contributed by atoms with van der Waals surface area (Å²) in [7, 11) is 0. The fourth-order valence-corrected chi connectivity index (χ4v) is 14.5. The van der Waals surface area contributed by atoms with Gasteiger partial charge < -0.3 is 89.7 Å². The molecule has 0 spiro atoms.